The predicted molar refractivity (Wildman–Crippen MR) is 127 cm³/mol. The van der Waals surface area contributed by atoms with Crippen molar-refractivity contribution < 1.29 is 35.3 Å². The number of carbonyl (C=O) groups excluding carboxylic acids is 1. The topological polar surface area (TPSA) is 163 Å². The van der Waals surface area contributed by atoms with E-state index in [4.69, 9.17) is 14.3 Å². The standard InChI is InChI=1S/C23H21F5N10O2/c1-3-21(20-37-36-18(40-20)9-4-5-9)12-14(29)33-16(34-15(12)35-19(21)39)13-10-8-30-38(2)17(10)32-11(31-13)6-7-22(24,25)23(26,27)28/h8-9H,3-7H2,1-2H3,(H3,29,33,34,35,39)/i2D3. The third-order valence-corrected chi connectivity index (χ3v) is 7.01. The normalized spacial score (nSPS) is 20.8. The molecule has 3 N–H and O–H groups in total. The van der Waals surface area contributed by atoms with Crippen LogP contribution in [0.15, 0.2) is 10.6 Å². The molecule has 1 amide bonds. The number of halogens is 5. The van der Waals surface area contributed by atoms with E-state index in [0.29, 0.717) is 10.6 Å². The molecule has 40 heavy (non-hydrogen) atoms. The maximum Gasteiger partial charge on any atom is 0.453 e. The highest BCUT2D eigenvalue weighted by Crippen LogP contribution is 2.48. The third kappa shape index (κ3) is 3.85. The van der Waals surface area contributed by atoms with Crippen LogP contribution < -0.4 is 11.1 Å². The zero-order valence-corrected chi connectivity index (χ0v) is 20.6. The van der Waals surface area contributed by atoms with Gasteiger partial charge in [-0.15, -0.1) is 10.2 Å². The van der Waals surface area contributed by atoms with E-state index in [0.717, 1.165) is 19.0 Å². The molecule has 1 aliphatic carbocycles. The van der Waals surface area contributed by atoms with Gasteiger partial charge in [0.2, 0.25) is 17.7 Å². The lowest BCUT2D eigenvalue weighted by Crippen LogP contribution is -2.36. The highest BCUT2D eigenvalue weighted by Gasteiger charge is 2.57. The molecule has 0 radical (unpaired) electrons. The maximum atomic E-state index is 13.7. The van der Waals surface area contributed by atoms with Crippen molar-refractivity contribution in [3.05, 3.63) is 29.4 Å². The van der Waals surface area contributed by atoms with E-state index >= 15 is 0 Å². The molecular weight excluding hydrogens is 543 g/mol. The minimum Gasteiger partial charge on any atom is -0.423 e. The van der Waals surface area contributed by atoms with Crippen molar-refractivity contribution in [3.63, 3.8) is 0 Å². The van der Waals surface area contributed by atoms with Crippen molar-refractivity contribution in [2.24, 2.45) is 6.98 Å². The number of nitrogens with zero attached hydrogens (tertiary/aromatic N) is 8. The summed E-state index contributed by atoms with van der Waals surface area (Å²) in [5, 5.41) is 14.5. The van der Waals surface area contributed by atoms with E-state index in [1.54, 1.807) is 6.92 Å². The Morgan fingerprint density at radius 2 is 1.98 bits per heavy atom. The van der Waals surface area contributed by atoms with Gasteiger partial charge in [-0.05, 0) is 19.3 Å². The number of anilines is 2. The van der Waals surface area contributed by atoms with Gasteiger partial charge in [-0.3, -0.25) is 9.48 Å². The monoisotopic (exact) mass is 567 g/mol. The average molecular weight is 567 g/mol. The molecule has 1 fully saturated rings. The second-order valence-electron chi connectivity index (χ2n) is 9.57. The zero-order chi connectivity index (χ0) is 31.1. The van der Waals surface area contributed by atoms with Crippen LogP contribution in [0, 0.1) is 0 Å². The Bertz CT molecular complexity index is 1770. The molecule has 210 valence electrons. The number of nitrogens with one attached hydrogen (secondary N) is 1. The quantitative estimate of drug-likeness (QED) is 0.316. The van der Waals surface area contributed by atoms with Crippen LogP contribution >= 0.6 is 0 Å². The van der Waals surface area contributed by atoms with E-state index in [2.05, 4.69) is 40.5 Å². The van der Waals surface area contributed by atoms with Gasteiger partial charge < -0.3 is 15.5 Å². The van der Waals surface area contributed by atoms with Gasteiger partial charge in [0.05, 0.1) is 17.1 Å². The van der Waals surface area contributed by atoms with Gasteiger partial charge in [0.15, 0.2) is 16.9 Å². The molecule has 1 atom stereocenters. The van der Waals surface area contributed by atoms with Gasteiger partial charge in [0.1, 0.15) is 23.2 Å². The van der Waals surface area contributed by atoms with Gasteiger partial charge in [0, 0.05) is 29.8 Å². The molecule has 12 nitrogen and oxygen atoms in total. The number of hydrogen-bond donors (Lipinski definition) is 2. The molecule has 17 heteroatoms. The van der Waals surface area contributed by atoms with Crippen LogP contribution in [0.4, 0.5) is 33.6 Å². The molecular formula is C23H21F5N10O2. The molecule has 0 aromatic carbocycles. The van der Waals surface area contributed by atoms with E-state index in [1.807, 2.05) is 0 Å². The summed E-state index contributed by atoms with van der Waals surface area (Å²) in [5.41, 5.74) is 4.32. The number of aryl methyl sites for hydroxylation is 2. The molecule has 1 aliphatic heterocycles. The fourth-order valence-corrected chi connectivity index (χ4v) is 4.66. The number of fused-ring (bicyclic) bond motifs is 2. The Balaban J connectivity index is 1.48. The van der Waals surface area contributed by atoms with Crippen LogP contribution in [0.5, 0.6) is 0 Å². The average Bonchev–Trinajstić information content (AvgIpc) is 3.34. The van der Waals surface area contributed by atoms with Crippen LogP contribution in [0.1, 0.15) is 65.8 Å². The van der Waals surface area contributed by atoms with Gasteiger partial charge in [-0.2, -0.15) is 27.1 Å². The van der Waals surface area contributed by atoms with Crippen LogP contribution in [-0.4, -0.2) is 57.9 Å². The maximum absolute atomic E-state index is 13.7. The Labute approximate surface area is 225 Å². The number of aromatic nitrogens is 8. The minimum absolute atomic E-state index is 0.00698. The van der Waals surface area contributed by atoms with E-state index in [9.17, 15) is 26.7 Å². The largest absolute Gasteiger partial charge is 0.453 e. The van der Waals surface area contributed by atoms with Crippen molar-refractivity contribution in [2.45, 2.75) is 62.5 Å². The number of alkyl halides is 5. The second-order valence-corrected chi connectivity index (χ2v) is 9.57. The lowest BCUT2D eigenvalue weighted by atomic mass is 9.79. The highest BCUT2D eigenvalue weighted by atomic mass is 19.4. The van der Waals surface area contributed by atoms with Crippen molar-refractivity contribution in [3.8, 4) is 11.5 Å². The van der Waals surface area contributed by atoms with Crippen LogP contribution in [-0.2, 0) is 23.6 Å². The van der Waals surface area contributed by atoms with Crippen LogP contribution in [0.3, 0.4) is 0 Å². The lowest BCUT2D eigenvalue weighted by Gasteiger charge is -2.22. The SMILES string of the molecule is [2H]C([2H])([2H])n1ncc2c(-c3nc(N)c4c(n3)NC(=O)C4(CC)c3nnc(C4CC4)o3)nc(CCC(F)(F)C(F)(F)F)nc21. The molecule has 2 aliphatic rings. The Morgan fingerprint density at radius 1 is 1.20 bits per heavy atom. The molecule has 0 bridgehead atoms. The Hall–Kier alpha value is -4.31. The van der Waals surface area contributed by atoms with Gasteiger partial charge >= 0.3 is 12.1 Å². The van der Waals surface area contributed by atoms with Crippen molar-refractivity contribution in [2.75, 3.05) is 11.1 Å². The van der Waals surface area contributed by atoms with Crippen molar-refractivity contribution in [1.29, 1.82) is 0 Å². The third-order valence-electron chi connectivity index (χ3n) is 7.01. The van der Waals surface area contributed by atoms with Gasteiger partial charge in [-0.1, -0.05) is 6.92 Å². The molecule has 4 aromatic rings. The first kappa shape index (κ1) is 22.5. The summed E-state index contributed by atoms with van der Waals surface area (Å²) in [5.74, 6) is -6.27. The molecule has 5 heterocycles. The number of nitrogens with two attached hydrogens (primary N) is 1. The van der Waals surface area contributed by atoms with Gasteiger partial charge in [-0.25, -0.2) is 19.9 Å². The van der Waals surface area contributed by atoms with Crippen molar-refractivity contribution in [1.82, 2.24) is 39.9 Å². The van der Waals surface area contributed by atoms with E-state index < -0.39 is 49.1 Å². The summed E-state index contributed by atoms with van der Waals surface area (Å²) in [6, 6.07) is 0. The summed E-state index contributed by atoms with van der Waals surface area (Å²) in [7, 11) is 0. The fraction of sp³-hybridized carbons (Fsp3) is 0.478. The fourth-order valence-electron chi connectivity index (χ4n) is 4.66. The molecule has 4 aromatic heterocycles. The lowest BCUT2D eigenvalue weighted by molar-refractivity contribution is -0.284. The number of hydrogen-bond acceptors (Lipinski definition) is 10. The summed E-state index contributed by atoms with van der Waals surface area (Å²) in [4.78, 5) is 30.0. The second kappa shape index (κ2) is 8.59. The first-order valence-electron chi connectivity index (χ1n) is 13.6. The first-order valence-corrected chi connectivity index (χ1v) is 12.1. The summed E-state index contributed by atoms with van der Waals surface area (Å²) >= 11 is 0. The highest BCUT2D eigenvalue weighted by molar-refractivity contribution is 6.08. The molecule has 6 rings (SSSR count). The van der Waals surface area contributed by atoms with Gasteiger partial charge in [0.25, 0.3) is 0 Å². The number of amides is 1. The van der Waals surface area contributed by atoms with Crippen molar-refractivity contribution >= 4 is 28.6 Å². The molecule has 0 spiro atoms. The Morgan fingerprint density at radius 3 is 2.65 bits per heavy atom. The number of nitrogen functional groups attached to an aromatic ring is 1. The van der Waals surface area contributed by atoms with Crippen LogP contribution in [0.25, 0.3) is 22.6 Å². The minimum atomic E-state index is -5.82. The smallest absolute Gasteiger partial charge is 0.423 e. The number of carbonyl (C=O) groups is 1. The molecule has 1 saturated carbocycles. The summed E-state index contributed by atoms with van der Waals surface area (Å²) < 4.78 is 95.3. The molecule has 0 saturated heterocycles. The Kier molecular flexibility index (Phi) is 4.83. The van der Waals surface area contributed by atoms with E-state index in [1.165, 1.54) is 0 Å². The zero-order valence-electron chi connectivity index (χ0n) is 23.6. The summed E-state index contributed by atoms with van der Waals surface area (Å²) in [6.45, 7) is -1.19. The predicted octanol–water partition coefficient (Wildman–Crippen LogP) is 3.44. The van der Waals surface area contributed by atoms with E-state index in [-0.39, 0.29) is 58.0 Å². The first-order chi connectivity index (χ1) is 20.1. The molecule has 1 unspecified atom stereocenters. The number of rotatable bonds is 7. The van der Waals surface area contributed by atoms with Crippen LogP contribution in [0.2, 0.25) is 0 Å². The summed E-state index contributed by atoms with van der Waals surface area (Å²) in [6.07, 6.45) is -5.58.